The second-order valence-electron chi connectivity index (χ2n) is 2.20. The van der Waals surface area contributed by atoms with Crippen LogP contribution in [0.4, 0.5) is 4.39 Å². The van der Waals surface area contributed by atoms with E-state index in [1.54, 1.807) is 6.07 Å². The SMILES string of the molecule is [B]c1cc([B])c(CBr)c(F)c1. The third-order valence-corrected chi connectivity index (χ3v) is 1.95. The van der Waals surface area contributed by atoms with Crippen molar-refractivity contribution in [2.75, 3.05) is 0 Å². The minimum Gasteiger partial charge on any atom is -0.207 e. The standard InChI is InChI=1S/C7H4B2BrF/c8-4-1-6(9)5(3-10)7(11)2-4/h1-2H,3H2. The van der Waals surface area contributed by atoms with Gasteiger partial charge in [-0.1, -0.05) is 32.9 Å². The van der Waals surface area contributed by atoms with Crippen LogP contribution < -0.4 is 10.9 Å². The lowest BCUT2D eigenvalue weighted by atomic mass is 9.84. The van der Waals surface area contributed by atoms with Gasteiger partial charge in [-0.25, -0.2) is 4.39 Å². The molecule has 4 heteroatoms. The molecule has 1 rings (SSSR count). The van der Waals surface area contributed by atoms with Gasteiger partial charge in [0.15, 0.2) is 0 Å². The van der Waals surface area contributed by atoms with Gasteiger partial charge in [0.2, 0.25) is 0 Å². The van der Waals surface area contributed by atoms with E-state index in [4.69, 9.17) is 15.7 Å². The van der Waals surface area contributed by atoms with Gasteiger partial charge in [-0.3, -0.25) is 0 Å². The van der Waals surface area contributed by atoms with Crippen LogP contribution in [0.3, 0.4) is 0 Å². The van der Waals surface area contributed by atoms with Gasteiger partial charge in [-0.15, -0.1) is 0 Å². The normalized spacial score (nSPS) is 10.0. The van der Waals surface area contributed by atoms with E-state index in [2.05, 4.69) is 15.9 Å². The number of hydrogen-bond acceptors (Lipinski definition) is 0. The van der Waals surface area contributed by atoms with Crippen molar-refractivity contribution >= 4 is 42.5 Å². The Kier molecular flexibility index (Phi) is 2.77. The summed E-state index contributed by atoms with van der Waals surface area (Å²) in [6, 6.07) is 2.80. The highest BCUT2D eigenvalue weighted by atomic mass is 79.9. The Bertz CT molecular complexity index is 252. The molecule has 0 aliphatic carbocycles. The van der Waals surface area contributed by atoms with Crippen molar-refractivity contribution in [3.63, 3.8) is 0 Å². The maximum absolute atomic E-state index is 12.9. The number of halogens is 2. The summed E-state index contributed by atoms with van der Waals surface area (Å²) in [5.74, 6) is -0.362. The first kappa shape index (κ1) is 8.85. The molecule has 1 aromatic rings. The minimum absolute atomic E-state index is 0.352. The molecular weight excluding hydrogens is 205 g/mol. The molecule has 0 bridgehead atoms. The summed E-state index contributed by atoms with van der Waals surface area (Å²) >= 11 is 3.12. The number of alkyl halides is 1. The van der Waals surface area contributed by atoms with E-state index in [1.807, 2.05) is 0 Å². The van der Waals surface area contributed by atoms with E-state index in [0.29, 0.717) is 21.8 Å². The van der Waals surface area contributed by atoms with Gasteiger partial charge >= 0.3 is 0 Å². The lowest BCUT2D eigenvalue weighted by Gasteiger charge is -2.05. The lowest BCUT2D eigenvalue weighted by Crippen LogP contribution is -2.19. The fourth-order valence-corrected chi connectivity index (χ4v) is 1.41. The fourth-order valence-electron chi connectivity index (χ4n) is 0.821. The van der Waals surface area contributed by atoms with Crippen molar-refractivity contribution in [3.05, 3.63) is 23.5 Å². The average molecular weight is 209 g/mol. The van der Waals surface area contributed by atoms with Crippen LogP contribution in [0.25, 0.3) is 0 Å². The number of rotatable bonds is 1. The van der Waals surface area contributed by atoms with E-state index >= 15 is 0 Å². The van der Waals surface area contributed by atoms with Crippen LogP contribution in [0.2, 0.25) is 0 Å². The van der Waals surface area contributed by atoms with Crippen molar-refractivity contribution in [2.24, 2.45) is 0 Å². The monoisotopic (exact) mass is 208 g/mol. The van der Waals surface area contributed by atoms with Crippen LogP contribution in [0.5, 0.6) is 0 Å². The highest BCUT2D eigenvalue weighted by Gasteiger charge is 2.03. The highest BCUT2D eigenvalue weighted by molar-refractivity contribution is 9.08. The largest absolute Gasteiger partial charge is 0.207 e. The van der Waals surface area contributed by atoms with Gasteiger partial charge in [0.25, 0.3) is 0 Å². The lowest BCUT2D eigenvalue weighted by molar-refractivity contribution is 0.620. The van der Waals surface area contributed by atoms with E-state index in [1.165, 1.54) is 6.07 Å². The summed E-state index contributed by atoms with van der Waals surface area (Å²) < 4.78 is 12.9. The molecule has 0 unspecified atom stereocenters. The predicted octanol–water partition coefficient (Wildman–Crippen LogP) is 0.308. The molecule has 0 atom stereocenters. The minimum atomic E-state index is -0.362. The summed E-state index contributed by atoms with van der Waals surface area (Å²) in [7, 11) is 10.8. The molecular formula is C7H4B2BrF. The summed E-state index contributed by atoms with van der Waals surface area (Å²) in [4.78, 5) is 0. The van der Waals surface area contributed by atoms with Crippen LogP contribution in [0.1, 0.15) is 5.56 Å². The van der Waals surface area contributed by atoms with Crippen molar-refractivity contribution in [3.8, 4) is 0 Å². The molecule has 0 amide bonds. The molecule has 0 aliphatic heterocycles. The molecule has 0 saturated carbocycles. The number of hydrogen-bond donors (Lipinski definition) is 0. The van der Waals surface area contributed by atoms with Gasteiger partial charge in [0, 0.05) is 5.33 Å². The molecule has 1 aromatic carbocycles. The molecule has 0 saturated heterocycles. The van der Waals surface area contributed by atoms with Gasteiger partial charge < -0.3 is 0 Å². The zero-order valence-electron chi connectivity index (χ0n) is 5.77. The maximum atomic E-state index is 12.9. The summed E-state index contributed by atoms with van der Waals surface area (Å²) in [6.45, 7) is 0. The van der Waals surface area contributed by atoms with Crippen LogP contribution in [0.15, 0.2) is 12.1 Å². The van der Waals surface area contributed by atoms with Crippen LogP contribution >= 0.6 is 15.9 Å². The van der Waals surface area contributed by atoms with Crippen LogP contribution in [-0.4, -0.2) is 15.7 Å². The van der Waals surface area contributed by atoms with Crippen molar-refractivity contribution in [1.82, 2.24) is 0 Å². The van der Waals surface area contributed by atoms with Gasteiger partial charge in [-0.2, -0.15) is 0 Å². The average Bonchev–Trinajstić information content (AvgIpc) is 1.85. The Morgan fingerprint density at radius 1 is 1.36 bits per heavy atom. The quantitative estimate of drug-likeness (QED) is 0.460. The van der Waals surface area contributed by atoms with Gasteiger partial charge in [0.1, 0.15) is 21.5 Å². The van der Waals surface area contributed by atoms with Crippen LogP contribution in [-0.2, 0) is 5.33 Å². The third kappa shape index (κ3) is 1.86. The Morgan fingerprint density at radius 3 is 2.45 bits per heavy atom. The molecule has 0 aromatic heterocycles. The zero-order valence-corrected chi connectivity index (χ0v) is 7.36. The molecule has 0 nitrogen and oxygen atoms in total. The Labute approximate surface area is 76.1 Å². The molecule has 52 valence electrons. The highest BCUT2D eigenvalue weighted by Crippen LogP contribution is 2.05. The van der Waals surface area contributed by atoms with E-state index in [9.17, 15) is 4.39 Å². The topological polar surface area (TPSA) is 0 Å². The molecule has 0 aliphatic rings. The second-order valence-corrected chi connectivity index (χ2v) is 2.76. The Hall–Kier alpha value is -0.240. The van der Waals surface area contributed by atoms with Gasteiger partial charge in [0.05, 0.1) is 0 Å². The van der Waals surface area contributed by atoms with Crippen molar-refractivity contribution in [2.45, 2.75) is 5.33 Å². The number of benzene rings is 1. The Morgan fingerprint density at radius 2 is 2.00 bits per heavy atom. The predicted molar refractivity (Wildman–Crippen MR) is 49.8 cm³/mol. The zero-order chi connectivity index (χ0) is 8.43. The van der Waals surface area contributed by atoms with E-state index in [0.717, 1.165) is 0 Å². The summed E-state index contributed by atoms with van der Waals surface area (Å²) in [5, 5.41) is 0.408. The molecule has 11 heavy (non-hydrogen) atoms. The van der Waals surface area contributed by atoms with E-state index in [-0.39, 0.29) is 5.82 Å². The molecule has 0 fully saturated rings. The van der Waals surface area contributed by atoms with Crippen LogP contribution in [0, 0.1) is 5.82 Å². The molecule has 0 N–H and O–H groups in total. The van der Waals surface area contributed by atoms with Gasteiger partial charge in [-0.05, 0) is 11.6 Å². The molecule has 0 heterocycles. The first-order valence-electron chi connectivity index (χ1n) is 3.04. The second kappa shape index (κ2) is 3.44. The maximum Gasteiger partial charge on any atom is 0.126 e. The Balaban J connectivity index is 3.25. The fraction of sp³-hybridized carbons (Fsp3) is 0.143. The van der Waals surface area contributed by atoms with E-state index < -0.39 is 0 Å². The molecule has 4 radical (unpaired) electrons. The van der Waals surface area contributed by atoms with Crippen molar-refractivity contribution in [1.29, 1.82) is 0 Å². The third-order valence-electron chi connectivity index (χ3n) is 1.39. The first-order valence-corrected chi connectivity index (χ1v) is 4.16. The smallest absolute Gasteiger partial charge is 0.126 e. The summed E-state index contributed by atoms with van der Waals surface area (Å²) in [5.41, 5.74) is 1.20. The summed E-state index contributed by atoms with van der Waals surface area (Å²) in [6.07, 6.45) is 0. The first-order chi connectivity index (χ1) is 5.15. The molecule has 0 spiro atoms. The van der Waals surface area contributed by atoms with Crippen molar-refractivity contribution < 1.29 is 4.39 Å².